The van der Waals surface area contributed by atoms with Gasteiger partial charge in [-0.1, -0.05) is 6.08 Å². The Labute approximate surface area is 116 Å². The summed E-state index contributed by atoms with van der Waals surface area (Å²) in [7, 11) is 0. The van der Waals surface area contributed by atoms with Crippen LogP contribution in [0.4, 0.5) is 0 Å². The van der Waals surface area contributed by atoms with E-state index < -0.39 is 5.60 Å². The van der Waals surface area contributed by atoms with Crippen LogP contribution in [-0.2, 0) is 4.79 Å². The van der Waals surface area contributed by atoms with Gasteiger partial charge in [0.05, 0.1) is 12.1 Å². The van der Waals surface area contributed by atoms with Crippen molar-refractivity contribution in [1.29, 1.82) is 0 Å². The van der Waals surface area contributed by atoms with Gasteiger partial charge in [-0.3, -0.25) is 9.69 Å². The van der Waals surface area contributed by atoms with Gasteiger partial charge in [0.1, 0.15) is 0 Å². The Morgan fingerprint density at radius 2 is 2.32 bits per heavy atom. The molecule has 0 aromatic heterocycles. The van der Waals surface area contributed by atoms with Crippen molar-refractivity contribution in [2.24, 2.45) is 0 Å². The highest BCUT2D eigenvalue weighted by molar-refractivity contribution is 5.80. The molecule has 0 saturated carbocycles. The fraction of sp³-hybridized carbons (Fsp3) is 0.800. The van der Waals surface area contributed by atoms with Crippen LogP contribution >= 0.6 is 0 Å². The van der Waals surface area contributed by atoms with E-state index in [9.17, 15) is 9.90 Å². The molecule has 1 unspecified atom stereocenters. The van der Waals surface area contributed by atoms with E-state index >= 15 is 0 Å². The minimum absolute atomic E-state index is 0.174. The van der Waals surface area contributed by atoms with Crippen LogP contribution in [0.15, 0.2) is 11.8 Å². The highest BCUT2D eigenvalue weighted by Crippen LogP contribution is 2.23. The van der Waals surface area contributed by atoms with Crippen LogP contribution < -0.4 is 0 Å². The van der Waals surface area contributed by atoms with E-state index in [4.69, 9.17) is 0 Å². The lowest BCUT2D eigenvalue weighted by Crippen LogP contribution is -2.40. The fourth-order valence-electron chi connectivity index (χ4n) is 3.06. The summed E-state index contributed by atoms with van der Waals surface area (Å²) in [4.78, 5) is 16.4. The standard InChI is InChI=1S/C15H26N2O2/c1-3-17(13-7-5-4-6-8-13)14(18)11-16-10-9-15(2,19)12-16/h7,19H,3-6,8-12H2,1-2H3. The van der Waals surface area contributed by atoms with E-state index in [2.05, 4.69) is 11.0 Å². The van der Waals surface area contributed by atoms with Crippen molar-refractivity contribution >= 4 is 5.91 Å². The van der Waals surface area contributed by atoms with E-state index in [1.54, 1.807) is 0 Å². The number of hydrogen-bond donors (Lipinski definition) is 1. The van der Waals surface area contributed by atoms with E-state index in [1.165, 1.54) is 18.5 Å². The molecule has 0 aromatic carbocycles. The zero-order chi connectivity index (χ0) is 13.9. The van der Waals surface area contributed by atoms with Crippen LogP contribution in [-0.4, -0.2) is 52.6 Å². The highest BCUT2D eigenvalue weighted by Gasteiger charge is 2.33. The molecule has 1 N–H and O–H groups in total. The summed E-state index contributed by atoms with van der Waals surface area (Å²) >= 11 is 0. The summed E-state index contributed by atoms with van der Waals surface area (Å²) in [5, 5.41) is 9.94. The summed E-state index contributed by atoms with van der Waals surface area (Å²) in [6.45, 7) is 6.48. The summed E-state index contributed by atoms with van der Waals surface area (Å²) in [5.74, 6) is 0.174. The van der Waals surface area contributed by atoms with Crippen LogP contribution in [0.25, 0.3) is 0 Å². The van der Waals surface area contributed by atoms with E-state index in [0.717, 1.165) is 32.4 Å². The highest BCUT2D eigenvalue weighted by atomic mass is 16.3. The van der Waals surface area contributed by atoms with E-state index in [-0.39, 0.29) is 5.91 Å². The zero-order valence-electron chi connectivity index (χ0n) is 12.2. The molecule has 1 aliphatic heterocycles. The maximum Gasteiger partial charge on any atom is 0.240 e. The predicted octanol–water partition coefficient (Wildman–Crippen LogP) is 1.75. The van der Waals surface area contributed by atoms with Crippen LogP contribution in [0.5, 0.6) is 0 Å². The average Bonchev–Trinajstić information content (AvgIpc) is 2.71. The molecule has 2 rings (SSSR count). The third kappa shape index (κ3) is 3.80. The molecule has 2 aliphatic rings. The molecule has 1 aliphatic carbocycles. The first-order chi connectivity index (χ1) is 9.02. The monoisotopic (exact) mass is 266 g/mol. The smallest absolute Gasteiger partial charge is 0.240 e. The Morgan fingerprint density at radius 1 is 1.53 bits per heavy atom. The molecule has 0 spiro atoms. The molecule has 1 amide bonds. The third-order valence-electron chi connectivity index (χ3n) is 4.12. The molecule has 108 valence electrons. The number of hydrogen-bond acceptors (Lipinski definition) is 3. The molecular weight excluding hydrogens is 240 g/mol. The van der Waals surface area contributed by atoms with Crippen LogP contribution in [0, 0.1) is 0 Å². The fourth-order valence-corrected chi connectivity index (χ4v) is 3.06. The topological polar surface area (TPSA) is 43.8 Å². The molecule has 0 aromatic rings. The minimum Gasteiger partial charge on any atom is -0.389 e. The van der Waals surface area contributed by atoms with Crippen molar-refractivity contribution in [3.05, 3.63) is 11.8 Å². The lowest BCUT2D eigenvalue weighted by molar-refractivity contribution is -0.130. The number of β-amino-alcohol motifs (C(OH)–C–C–N with tert-alkyl or cyclic N) is 1. The maximum atomic E-state index is 12.4. The number of likely N-dealkylation sites (tertiary alicyclic amines) is 1. The third-order valence-corrected chi connectivity index (χ3v) is 4.12. The first-order valence-electron chi connectivity index (χ1n) is 7.46. The molecular formula is C15H26N2O2. The Hall–Kier alpha value is -0.870. The van der Waals surface area contributed by atoms with Gasteiger partial charge in [0.25, 0.3) is 0 Å². The molecule has 1 atom stereocenters. The number of amides is 1. The first-order valence-corrected chi connectivity index (χ1v) is 7.46. The van der Waals surface area contributed by atoms with Crippen LogP contribution in [0.2, 0.25) is 0 Å². The number of likely N-dealkylation sites (N-methyl/N-ethyl adjacent to an activating group) is 1. The quantitative estimate of drug-likeness (QED) is 0.843. The van der Waals surface area contributed by atoms with Gasteiger partial charge in [0.2, 0.25) is 5.91 Å². The van der Waals surface area contributed by atoms with E-state index in [0.29, 0.717) is 13.1 Å². The van der Waals surface area contributed by atoms with Crippen molar-refractivity contribution in [2.75, 3.05) is 26.2 Å². The van der Waals surface area contributed by atoms with Crippen molar-refractivity contribution in [3.8, 4) is 0 Å². The van der Waals surface area contributed by atoms with Gasteiger partial charge in [-0.15, -0.1) is 0 Å². The van der Waals surface area contributed by atoms with Crippen molar-refractivity contribution in [2.45, 2.75) is 51.6 Å². The van der Waals surface area contributed by atoms with Crippen LogP contribution in [0.1, 0.15) is 46.0 Å². The second kappa shape index (κ2) is 6.06. The molecule has 0 bridgehead atoms. The van der Waals surface area contributed by atoms with Crippen LogP contribution in [0.3, 0.4) is 0 Å². The number of nitrogens with zero attached hydrogens (tertiary/aromatic N) is 2. The molecule has 1 saturated heterocycles. The summed E-state index contributed by atoms with van der Waals surface area (Å²) in [6, 6.07) is 0. The SMILES string of the molecule is CCN(C(=O)CN1CCC(C)(O)C1)C1=CCCCC1. The molecule has 0 radical (unpaired) electrons. The largest absolute Gasteiger partial charge is 0.389 e. The lowest BCUT2D eigenvalue weighted by Gasteiger charge is -2.28. The minimum atomic E-state index is -0.624. The maximum absolute atomic E-state index is 12.4. The van der Waals surface area contributed by atoms with Crippen molar-refractivity contribution in [1.82, 2.24) is 9.80 Å². The lowest BCUT2D eigenvalue weighted by atomic mass is 10.0. The molecule has 1 heterocycles. The zero-order valence-corrected chi connectivity index (χ0v) is 12.2. The second-order valence-electron chi connectivity index (χ2n) is 6.04. The Bertz CT molecular complexity index is 363. The van der Waals surface area contributed by atoms with Gasteiger partial charge >= 0.3 is 0 Å². The normalized spacial score (nSPS) is 28.3. The summed E-state index contributed by atoms with van der Waals surface area (Å²) in [6.07, 6.45) is 7.52. The number of carbonyl (C=O) groups excluding carboxylic acids is 1. The summed E-state index contributed by atoms with van der Waals surface area (Å²) < 4.78 is 0. The molecule has 4 heteroatoms. The second-order valence-corrected chi connectivity index (χ2v) is 6.04. The Morgan fingerprint density at radius 3 is 2.84 bits per heavy atom. The molecule has 19 heavy (non-hydrogen) atoms. The van der Waals surface area contributed by atoms with Gasteiger partial charge in [-0.25, -0.2) is 0 Å². The van der Waals surface area contributed by atoms with Gasteiger partial charge < -0.3 is 10.0 Å². The Kier molecular flexibility index (Phi) is 4.63. The number of aliphatic hydroxyl groups is 1. The number of allylic oxidation sites excluding steroid dienone is 2. The summed E-state index contributed by atoms with van der Waals surface area (Å²) in [5.41, 5.74) is 0.575. The van der Waals surface area contributed by atoms with Crippen molar-refractivity contribution < 1.29 is 9.90 Å². The average molecular weight is 266 g/mol. The van der Waals surface area contributed by atoms with Gasteiger partial charge in [-0.2, -0.15) is 0 Å². The van der Waals surface area contributed by atoms with E-state index in [1.807, 2.05) is 18.7 Å². The van der Waals surface area contributed by atoms with Gasteiger partial charge in [0, 0.05) is 25.3 Å². The predicted molar refractivity (Wildman–Crippen MR) is 75.6 cm³/mol. The molecule has 4 nitrogen and oxygen atoms in total. The van der Waals surface area contributed by atoms with Gasteiger partial charge in [-0.05, 0) is 46.0 Å². The molecule has 1 fully saturated rings. The van der Waals surface area contributed by atoms with Crippen molar-refractivity contribution in [3.63, 3.8) is 0 Å². The number of rotatable bonds is 4. The van der Waals surface area contributed by atoms with Gasteiger partial charge in [0.15, 0.2) is 0 Å². The first kappa shape index (κ1) is 14.5. The Balaban J connectivity index is 1.92. The number of carbonyl (C=O) groups is 1.